The van der Waals surface area contributed by atoms with Crippen molar-refractivity contribution in [2.24, 2.45) is 19.1 Å². The Morgan fingerprint density at radius 2 is 1.70 bits per heavy atom. The summed E-state index contributed by atoms with van der Waals surface area (Å²) < 4.78 is 1.92. The molecule has 0 saturated carbocycles. The molecule has 0 fully saturated rings. The molecule has 6 heteroatoms. The SMILES string of the molecule is Cc1ccc(N=Cc2c(O)n(C)c(=O)n(C)c2=O)cc1. The lowest BCUT2D eigenvalue weighted by atomic mass is 10.2. The van der Waals surface area contributed by atoms with Crippen LogP contribution in [0.3, 0.4) is 0 Å². The van der Waals surface area contributed by atoms with Crippen molar-refractivity contribution in [3.05, 3.63) is 56.2 Å². The van der Waals surface area contributed by atoms with E-state index in [-0.39, 0.29) is 5.56 Å². The van der Waals surface area contributed by atoms with Gasteiger partial charge in [0.1, 0.15) is 5.56 Å². The smallest absolute Gasteiger partial charge is 0.333 e. The van der Waals surface area contributed by atoms with Crippen molar-refractivity contribution >= 4 is 11.9 Å². The average Bonchev–Trinajstić information content (AvgIpc) is 2.45. The van der Waals surface area contributed by atoms with Crippen LogP contribution in [-0.4, -0.2) is 20.5 Å². The van der Waals surface area contributed by atoms with Gasteiger partial charge >= 0.3 is 5.69 Å². The summed E-state index contributed by atoms with van der Waals surface area (Å²) in [5, 5.41) is 9.86. The Balaban J connectivity index is 2.52. The highest BCUT2D eigenvalue weighted by molar-refractivity contribution is 5.84. The lowest BCUT2D eigenvalue weighted by molar-refractivity contribution is 0.410. The average molecular weight is 273 g/mol. The molecule has 1 heterocycles. The maximum atomic E-state index is 11.9. The molecule has 0 atom stereocenters. The van der Waals surface area contributed by atoms with Crippen LogP contribution in [0.5, 0.6) is 5.88 Å². The van der Waals surface area contributed by atoms with Crippen molar-refractivity contribution in [3.8, 4) is 5.88 Å². The second-order valence-corrected chi connectivity index (χ2v) is 4.54. The zero-order chi connectivity index (χ0) is 14.9. The number of aryl methyl sites for hydroxylation is 1. The van der Waals surface area contributed by atoms with Crippen LogP contribution in [-0.2, 0) is 14.1 Å². The predicted molar refractivity (Wildman–Crippen MR) is 77.0 cm³/mol. The first-order valence-electron chi connectivity index (χ1n) is 6.01. The molecule has 0 radical (unpaired) electrons. The molecule has 0 aliphatic carbocycles. The first-order valence-corrected chi connectivity index (χ1v) is 6.01. The van der Waals surface area contributed by atoms with Crippen LogP contribution in [0.4, 0.5) is 5.69 Å². The minimum atomic E-state index is -0.583. The van der Waals surface area contributed by atoms with E-state index in [1.54, 1.807) is 12.1 Å². The second-order valence-electron chi connectivity index (χ2n) is 4.54. The standard InChI is InChI=1S/C14H15N3O3/c1-9-4-6-10(7-5-9)15-8-11-12(18)16(2)14(20)17(3)13(11)19/h4-8,18H,1-3H3. The molecule has 1 N–H and O–H groups in total. The van der Waals surface area contributed by atoms with Gasteiger partial charge in [-0.1, -0.05) is 17.7 Å². The molecule has 0 aliphatic heterocycles. The number of aromatic nitrogens is 2. The van der Waals surface area contributed by atoms with Gasteiger partial charge in [-0.25, -0.2) is 4.79 Å². The fraction of sp³-hybridized carbons (Fsp3) is 0.214. The Hall–Kier alpha value is -2.63. The summed E-state index contributed by atoms with van der Waals surface area (Å²) in [5.41, 5.74) is 0.576. The van der Waals surface area contributed by atoms with E-state index in [1.165, 1.54) is 20.3 Å². The second kappa shape index (κ2) is 5.16. The first-order chi connectivity index (χ1) is 9.41. The summed E-state index contributed by atoms with van der Waals surface area (Å²) in [6.07, 6.45) is 1.27. The number of nitrogens with zero attached hydrogens (tertiary/aromatic N) is 3. The number of hydrogen-bond acceptors (Lipinski definition) is 4. The number of aromatic hydroxyl groups is 1. The third-order valence-corrected chi connectivity index (χ3v) is 3.04. The zero-order valence-corrected chi connectivity index (χ0v) is 11.5. The monoisotopic (exact) mass is 273 g/mol. The highest BCUT2D eigenvalue weighted by atomic mass is 16.3. The predicted octanol–water partition coefficient (Wildman–Crippen LogP) is 0.849. The quantitative estimate of drug-likeness (QED) is 0.824. The van der Waals surface area contributed by atoms with Gasteiger partial charge in [0.05, 0.1) is 5.69 Å². The van der Waals surface area contributed by atoms with E-state index in [0.717, 1.165) is 14.7 Å². The summed E-state index contributed by atoms with van der Waals surface area (Å²) in [6, 6.07) is 7.39. The van der Waals surface area contributed by atoms with E-state index in [2.05, 4.69) is 4.99 Å². The lowest BCUT2D eigenvalue weighted by Crippen LogP contribution is -2.38. The Morgan fingerprint density at radius 1 is 1.10 bits per heavy atom. The highest BCUT2D eigenvalue weighted by Crippen LogP contribution is 2.13. The Labute approximate surface area is 115 Å². The van der Waals surface area contributed by atoms with Crippen molar-refractivity contribution < 1.29 is 5.11 Å². The van der Waals surface area contributed by atoms with E-state index in [9.17, 15) is 14.7 Å². The van der Waals surface area contributed by atoms with Gasteiger partial charge in [-0.2, -0.15) is 0 Å². The van der Waals surface area contributed by atoms with Gasteiger partial charge in [-0.15, -0.1) is 0 Å². The van der Waals surface area contributed by atoms with Crippen molar-refractivity contribution in [1.82, 2.24) is 9.13 Å². The fourth-order valence-corrected chi connectivity index (χ4v) is 1.74. The molecule has 1 aromatic heterocycles. The van der Waals surface area contributed by atoms with E-state index >= 15 is 0 Å². The van der Waals surface area contributed by atoms with Gasteiger partial charge in [0.25, 0.3) is 5.56 Å². The van der Waals surface area contributed by atoms with Crippen LogP contribution >= 0.6 is 0 Å². The number of aliphatic imine (C=N–C) groups is 1. The van der Waals surface area contributed by atoms with E-state index in [0.29, 0.717) is 5.69 Å². The number of benzene rings is 1. The molecule has 104 valence electrons. The van der Waals surface area contributed by atoms with Crippen molar-refractivity contribution in [2.45, 2.75) is 6.92 Å². The minimum Gasteiger partial charge on any atom is -0.494 e. The molecule has 0 aliphatic rings. The molecule has 0 bridgehead atoms. The highest BCUT2D eigenvalue weighted by Gasteiger charge is 2.12. The molecule has 0 spiro atoms. The molecule has 1 aromatic carbocycles. The van der Waals surface area contributed by atoms with Crippen LogP contribution in [0.2, 0.25) is 0 Å². The van der Waals surface area contributed by atoms with Gasteiger partial charge in [0.15, 0.2) is 0 Å². The fourth-order valence-electron chi connectivity index (χ4n) is 1.74. The van der Waals surface area contributed by atoms with Gasteiger partial charge in [-0.05, 0) is 19.1 Å². The van der Waals surface area contributed by atoms with Crippen LogP contribution in [0.25, 0.3) is 0 Å². The van der Waals surface area contributed by atoms with Crippen LogP contribution in [0.1, 0.15) is 11.1 Å². The summed E-state index contributed by atoms with van der Waals surface area (Å²) >= 11 is 0. The zero-order valence-electron chi connectivity index (χ0n) is 11.5. The van der Waals surface area contributed by atoms with Crippen LogP contribution in [0.15, 0.2) is 38.8 Å². The van der Waals surface area contributed by atoms with E-state index in [4.69, 9.17) is 0 Å². The number of hydrogen-bond donors (Lipinski definition) is 1. The molecule has 0 amide bonds. The molecule has 0 unspecified atom stereocenters. The molecule has 2 aromatic rings. The molecule has 6 nitrogen and oxygen atoms in total. The summed E-state index contributed by atoms with van der Waals surface area (Å²) in [6.45, 7) is 1.96. The van der Waals surface area contributed by atoms with Gasteiger partial charge < -0.3 is 5.11 Å². The third kappa shape index (κ3) is 2.40. The summed E-state index contributed by atoms with van der Waals surface area (Å²) in [7, 11) is 2.74. The summed E-state index contributed by atoms with van der Waals surface area (Å²) in [4.78, 5) is 27.7. The molecular weight excluding hydrogens is 258 g/mol. The largest absolute Gasteiger partial charge is 0.494 e. The van der Waals surface area contributed by atoms with E-state index in [1.807, 2.05) is 19.1 Å². The van der Waals surface area contributed by atoms with Gasteiger partial charge in [0, 0.05) is 20.3 Å². The normalized spacial score (nSPS) is 11.2. The Kier molecular flexibility index (Phi) is 3.56. The van der Waals surface area contributed by atoms with Crippen LogP contribution < -0.4 is 11.2 Å². The summed E-state index contributed by atoms with van der Waals surface area (Å²) in [5.74, 6) is -0.394. The first kappa shape index (κ1) is 13.8. The van der Waals surface area contributed by atoms with Crippen molar-refractivity contribution in [2.75, 3.05) is 0 Å². The maximum absolute atomic E-state index is 11.9. The third-order valence-electron chi connectivity index (χ3n) is 3.04. The molecular formula is C14H15N3O3. The maximum Gasteiger partial charge on any atom is 0.333 e. The van der Waals surface area contributed by atoms with E-state index < -0.39 is 17.1 Å². The Morgan fingerprint density at radius 3 is 2.30 bits per heavy atom. The minimum absolute atomic E-state index is 0.0184. The topological polar surface area (TPSA) is 76.6 Å². The van der Waals surface area contributed by atoms with Crippen LogP contribution in [0, 0.1) is 6.92 Å². The van der Waals surface area contributed by atoms with Crippen molar-refractivity contribution in [1.29, 1.82) is 0 Å². The van der Waals surface area contributed by atoms with Crippen molar-refractivity contribution in [3.63, 3.8) is 0 Å². The molecule has 20 heavy (non-hydrogen) atoms. The lowest BCUT2D eigenvalue weighted by Gasteiger charge is -2.06. The van der Waals surface area contributed by atoms with Gasteiger partial charge in [-0.3, -0.25) is 18.9 Å². The number of rotatable bonds is 2. The molecule has 0 saturated heterocycles. The van der Waals surface area contributed by atoms with Gasteiger partial charge in [0.2, 0.25) is 5.88 Å². The Bertz CT molecular complexity index is 783. The molecule has 2 rings (SSSR count).